The van der Waals surface area contributed by atoms with Crippen molar-refractivity contribution in [2.45, 2.75) is 51.2 Å². The van der Waals surface area contributed by atoms with Gasteiger partial charge in [-0.15, -0.1) is 0 Å². The van der Waals surface area contributed by atoms with Gasteiger partial charge in [-0.2, -0.15) is 5.10 Å². The Kier molecular flexibility index (Phi) is 6.20. The van der Waals surface area contributed by atoms with E-state index in [-0.39, 0.29) is 11.8 Å². The molecule has 0 aliphatic carbocycles. The van der Waals surface area contributed by atoms with Crippen LogP contribution >= 0.6 is 11.6 Å². The van der Waals surface area contributed by atoms with Gasteiger partial charge in [0.25, 0.3) is 11.8 Å². The van der Waals surface area contributed by atoms with Crippen LogP contribution in [0.15, 0.2) is 30.3 Å². The third-order valence-corrected chi connectivity index (χ3v) is 7.24. The van der Waals surface area contributed by atoms with Crippen LogP contribution in [0.4, 0.5) is 0 Å². The maximum Gasteiger partial charge on any atom is 0.274 e. The van der Waals surface area contributed by atoms with Crippen molar-refractivity contribution in [2.24, 2.45) is 0 Å². The van der Waals surface area contributed by atoms with Crippen LogP contribution in [0.5, 0.6) is 0 Å². The molecular weight excluding hydrogens is 426 g/mol. The smallest absolute Gasteiger partial charge is 0.274 e. The number of halogens is 1. The molecule has 32 heavy (non-hydrogen) atoms. The van der Waals surface area contributed by atoms with E-state index in [9.17, 15) is 9.59 Å². The molecule has 0 atom stereocenters. The lowest BCUT2D eigenvalue weighted by molar-refractivity contribution is 0.0582. The van der Waals surface area contributed by atoms with Crippen LogP contribution in [0.25, 0.3) is 0 Å². The van der Waals surface area contributed by atoms with E-state index in [4.69, 9.17) is 11.6 Å². The summed E-state index contributed by atoms with van der Waals surface area (Å²) in [6.45, 7) is 5.56. The van der Waals surface area contributed by atoms with Gasteiger partial charge in [0.05, 0.1) is 6.54 Å². The third kappa shape index (κ3) is 4.41. The molecule has 2 amide bonds. The summed E-state index contributed by atoms with van der Waals surface area (Å²) in [5, 5.41) is 5.15. The fourth-order valence-corrected chi connectivity index (χ4v) is 5.44. The van der Waals surface area contributed by atoms with Crippen molar-refractivity contribution in [1.82, 2.24) is 24.5 Å². The maximum absolute atomic E-state index is 13.1. The molecule has 170 valence electrons. The number of nitrogens with zero attached hydrogens (tertiary/aromatic N) is 5. The van der Waals surface area contributed by atoms with Crippen LogP contribution < -0.4 is 0 Å². The third-order valence-electron chi connectivity index (χ3n) is 7.01. The summed E-state index contributed by atoms with van der Waals surface area (Å²) in [4.78, 5) is 32.5. The molecule has 0 N–H and O–H groups in total. The van der Waals surface area contributed by atoms with Gasteiger partial charge in [0.15, 0.2) is 5.69 Å². The zero-order chi connectivity index (χ0) is 22.1. The van der Waals surface area contributed by atoms with Crippen molar-refractivity contribution in [1.29, 1.82) is 0 Å². The number of piperidine rings is 2. The minimum atomic E-state index is -0.0911. The monoisotopic (exact) mass is 455 g/mol. The van der Waals surface area contributed by atoms with Gasteiger partial charge < -0.3 is 14.7 Å². The first-order valence-electron chi connectivity index (χ1n) is 11.7. The highest BCUT2D eigenvalue weighted by molar-refractivity contribution is 6.30. The number of fused-ring (bicyclic) bond motifs is 1. The Balaban J connectivity index is 1.22. The van der Waals surface area contributed by atoms with Gasteiger partial charge in [-0.1, -0.05) is 30.2 Å². The Labute approximate surface area is 193 Å². The number of carbonyl (C=O) groups excluding carboxylic acids is 2. The first-order chi connectivity index (χ1) is 15.6. The lowest BCUT2D eigenvalue weighted by Gasteiger charge is -2.40. The molecule has 4 heterocycles. The fraction of sp³-hybridized carbons (Fsp3) is 0.542. The summed E-state index contributed by atoms with van der Waals surface area (Å²) in [7, 11) is 0. The van der Waals surface area contributed by atoms with Crippen LogP contribution in [-0.2, 0) is 13.1 Å². The largest absolute Gasteiger partial charge is 0.337 e. The second kappa shape index (κ2) is 9.24. The average Bonchev–Trinajstić information content (AvgIpc) is 3.26. The van der Waals surface area contributed by atoms with E-state index in [1.54, 1.807) is 15.6 Å². The van der Waals surface area contributed by atoms with Crippen molar-refractivity contribution in [3.63, 3.8) is 0 Å². The van der Waals surface area contributed by atoms with Crippen molar-refractivity contribution in [3.8, 4) is 0 Å². The summed E-state index contributed by atoms with van der Waals surface area (Å²) < 4.78 is 1.69. The average molecular weight is 456 g/mol. The normalized spacial score (nSPS) is 20.5. The van der Waals surface area contributed by atoms with E-state index >= 15 is 0 Å². The van der Waals surface area contributed by atoms with Gasteiger partial charge in [0.2, 0.25) is 0 Å². The van der Waals surface area contributed by atoms with Gasteiger partial charge in [-0.05, 0) is 56.5 Å². The summed E-state index contributed by atoms with van der Waals surface area (Å²) >= 11 is 6.08. The molecule has 5 rings (SSSR count). The molecule has 2 aromatic rings. The Bertz CT molecular complexity index is 992. The number of amides is 2. The molecule has 0 unspecified atom stereocenters. The van der Waals surface area contributed by atoms with Gasteiger partial charge in [-0.3, -0.25) is 14.3 Å². The number of carbonyl (C=O) groups is 2. The number of benzene rings is 1. The van der Waals surface area contributed by atoms with Crippen LogP contribution in [0, 0.1) is 0 Å². The zero-order valence-corrected chi connectivity index (χ0v) is 19.1. The van der Waals surface area contributed by atoms with Crippen LogP contribution in [0.3, 0.4) is 0 Å². The van der Waals surface area contributed by atoms with Gasteiger partial charge >= 0.3 is 0 Å². The molecule has 0 spiro atoms. The molecule has 7 nitrogen and oxygen atoms in total. The molecule has 0 saturated carbocycles. The summed E-state index contributed by atoms with van der Waals surface area (Å²) in [5.41, 5.74) is 1.87. The number of aromatic nitrogens is 2. The predicted molar refractivity (Wildman–Crippen MR) is 123 cm³/mol. The molecule has 8 heteroatoms. The number of rotatable bonds is 4. The molecule has 0 radical (unpaired) electrons. The van der Waals surface area contributed by atoms with Crippen LogP contribution in [0.1, 0.15) is 58.6 Å². The quantitative estimate of drug-likeness (QED) is 0.709. The Morgan fingerprint density at radius 2 is 1.78 bits per heavy atom. The minimum absolute atomic E-state index is 0.0572. The Hall–Kier alpha value is -2.38. The van der Waals surface area contributed by atoms with Crippen molar-refractivity contribution in [2.75, 3.05) is 32.7 Å². The Morgan fingerprint density at radius 1 is 1.00 bits per heavy atom. The lowest BCUT2D eigenvalue weighted by atomic mass is 9.99. The lowest BCUT2D eigenvalue weighted by Crippen LogP contribution is -2.48. The molecule has 3 aliphatic heterocycles. The molecule has 2 saturated heterocycles. The molecule has 3 aliphatic rings. The van der Waals surface area contributed by atoms with Crippen LogP contribution in [0.2, 0.25) is 5.02 Å². The SMILES string of the molecule is O=C(c1cc2n(n1)CCN(Cc1cccc(Cl)c1)C2=O)N1CCC(N2CCCCC2)CC1. The second-order valence-electron chi connectivity index (χ2n) is 9.11. The van der Waals surface area contributed by atoms with E-state index < -0.39 is 0 Å². The summed E-state index contributed by atoms with van der Waals surface area (Å²) in [5.74, 6) is -0.148. The van der Waals surface area contributed by atoms with Gasteiger partial charge in [0.1, 0.15) is 5.69 Å². The molecule has 2 fully saturated rings. The highest BCUT2D eigenvalue weighted by Gasteiger charge is 2.32. The molecule has 0 bridgehead atoms. The topological polar surface area (TPSA) is 61.7 Å². The van der Waals surface area contributed by atoms with Crippen molar-refractivity contribution < 1.29 is 9.59 Å². The van der Waals surface area contributed by atoms with Gasteiger partial charge in [0, 0.05) is 43.3 Å². The molecule has 1 aromatic carbocycles. The summed E-state index contributed by atoms with van der Waals surface area (Å²) in [6.07, 6.45) is 5.97. The fourth-order valence-electron chi connectivity index (χ4n) is 5.23. The zero-order valence-electron chi connectivity index (χ0n) is 18.4. The van der Waals surface area contributed by atoms with Crippen molar-refractivity contribution in [3.05, 3.63) is 52.3 Å². The van der Waals surface area contributed by atoms with Crippen molar-refractivity contribution >= 4 is 23.4 Å². The minimum Gasteiger partial charge on any atom is -0.337 e. The summed E-state index contributed by atoms with van der Waals surface area (Å²) in [6, 6.07) is 9.83. The van der Waals surface area contributed by atoms with E-state index in [1.165, 1.54) is 32.4 Å². The van der Waals surface area contributed by atoms with Gasteiger partial charge in [-0.25, -0.2) is 0 Å². The first-order valence-corrected chi connectivity index (χ1v) is 12.1. The predicted octanol–water partition coefficient (Wildman–Crippen LogP) is 3.28. The first kappa shape index (κ1) is 21.5. The van der Waals surface area contributed by atoms with E-state index in [0.717, 1.165) is 31.5 Å². The standard InChI is InChI=1S/C24H30ClN5O2/c25-19-6-4-5-18(15-19)17-29-13-14-30-22(24(29)32)16-21(26-30)23(31)28-11-7-20(8-12-28)27-9-2-1-3-10-27/h4-6,15-16,20H,1-3,7-14,17H2. The maximum atomic E-state index is 13.1. The molecule has 1 aromatic heterocycles. The highest BCUT2D eigenvalue weighted by Crippen LogP contribution is 2.23. The number of hydrogen-bond acceptors (Lipinski definition) is 4. The van der Waals surface area contributed by atoms with E-state index in [1.807, 2.05) is 29.2 Å². The van der Waals surface area contributed by atoms with E-state index in [2.05, 4.69) is 10.00 Å². The Morgan fingerprint density at radius 3 is 2.53 bits per heavy atom. The second-order valence-corrected chi connectivity index (χ2v) is 9.55. The number of likely N-dealkylation sites (tertiary alicyclic amines) is 2. The number of hydrogen-bond donors (Lipinski definition) is 0. The van der Waals surface area contributed by atoms with E-state index in [0.29, 0.717) is 42.1 Å². The molecular formula is C24H30ClN5O2. The van der Waals surface area contributed by atoms with Crippen LogP contribution in [-0.4, -0.2) is 75.1 Å². The highest BCUT2D eigenvalue weighted by atomic mass is 35.5.